The zero-order valence-corrected chi connectivity index (χ0v) is 14.5. The molecule has 2 aromatic rings. The summed E-state index contributed by atoms with van der Waals surface area (Å²) >= 11 is 6.93. The van der Waals surface area contributed by atoms with Crippen molar-refractivity contribution in [3.05, 3.63) is 38.9 Å². The molecule has 106 valence electrons. The van der Waals surface area contributed by atoms with Gasteiger partial charge >= 0.3 is 0 Å². The van der Waals surface area contributed by atoms with Crippen molar-refractivity contribution in [1.29, 1.82) is 0 Å². The minimum Gasteiger partial charge on any atom is -0.354 e. The number of aryl methyl sites for hydroxylation is 1. The van der Waals surface area contributed by atoms with Crippen molar-refractivity contribution in [3.8, 4) is 0 Å². The van der Waals surface area contributed by atoms with E-state index >= 15 is 0 Å². The Morgan fingerprint density at radius 2 is 2.05 bits per heavy atom. The van der Waals surface area contributed by atoms with Crippen LogP contribution in [0.1, 0.15) is 18.9 Å². The molecule has 0 amide bonds. The summed E-state index contributed by atoms with van der Waals surface area (Å²) in [5, 5.41) is 6.51. The maximum atomic E-state index is 4.48. The molecule has 20 heavy (non-hydrogen) atoms. The van der Waals surface area contributed by atoms with E-state index in [0.717, 1.165) is 39.0 Å². The van der Waals surface area contributed by atoms with E-state index in [9.17, 15) is 0 Å². The topological polar surface area (TPSA) is 49.8 Å². The Morgan fingerprint density at radius 3 is 2.75 bits per heavy atom. The predicted octanol–water partition coefficient (Wildman–Crippen LogP) is 4.88. The largest absolute Gasteiger partial charge is 0.354 e. The summed E-state index contributed by atoms with van der Waals surface area (Å²) in [6, 6.07) is 6.08. The van der Waals surface area contributed by atoms with Gasteiger partial charge in [0.15, 0.2) is 0 Å². The fourth-order valence-corrected chi connectivity index (χ4v) is 2.44. The van der Waals surface area contributed by atoms with Gasteiger partial charge in [0.2, 0.25) is 5.95 Å². The van der Waals surface area contributed by atoms with Gasteiger partial charge in [-0.05, 0) is 53.0 Å². The molecule has 0 aliphatic rings. The van der Waals surface area contributed by atoms with Crippen LogP contribution in [0.15, 0.2) is 33.3 Å². The van der Waals surface area contributed by atoms with Crippen LogP contribution in [0.3, 0.4) is 0 Å². The number of rotatable bonds is 5. The molecule has 0 aliphatic heterocycles. The summed E-state index contributed by atoms with van der Waals surface area (Å²) in [5.74, 6) is 1.39. The third-order valence-corrected chi connectivity index (χ3v) is 3.79. The quantitative estimate of drug-likeness (QED) is 0.752. The van der Waals surface area contributed by atoms with E-state index in [1.54, 1.807) is 6.20 Å². The van der Waals surface area contributed by atoms with E-state index in [1.807, 2.05) is 12.1 Å². The van der Waals surface area contributed by atoms with Crippen LogP contribution in [-0.4, -0.2) is 16.5 Å². The lowest BCUT2D eigenvalue weighted by Crippen LogP contribution is -2.06. The highest BCUT2D eigenvalue weighted by molar-refractivity contribution is 9.10. The second-order valence-corrected chi connectivity index (χ2v) is 6.17. The Labute approximate surface area is 135 Å². The minimum absolute atomic E-state index is 0.632. The van der Waals surface area contributed by atoms with E-state index in [2.05, 4.69) is 72.4 Å². The average Bonchev–Trinajstić information content (AvgIpc) is 2.42. The zero-order chi connectivity index (χ0) is 14.5. The summed E-state index contributed by atoms with van der Waals surface area (Å²) in [6.45, 7) is 5.02. The van der Waals surface area contributed by atoms with E-state index < -0.39 is 0 Å². The highest BCUT2D eigenvalue weighted by Crippen LogP contribution is 2.27. The second kappa shape index (κ2) is 7.04. The molecular weight excluding hydrogens is 384 g/mol. The molecule has 1 aromatic heterocycles. The predicted molar refractivity (Wildman–Crippen MR) is 90.7 cm³/mol. The van der Waals surface area contributed by atoms with Crippen molar-refractivity contribution >= 4 is 49.3 Å². The Bertz CT molecular complexity index is 602. The lowest BCUT2D eigenvalue weighted by molar-refractivity contribution is 0.952. The molecule has 6 heteroatoms. The van der Waals surface area contributed by atoms with E-state index in [4.69, 9.17) is 0 Å². The number of aromatic nitrogens is 2. The minimum atomic E-state index is 0.632. The smallest absolute Gasteiger partial charge is 0.224 e. The maximum absolute atomic E-state index is 4.48. The fourth-order valence-electron chi connectivity index (χ4n) is 1.67. The molecule has 1 aromatic carbocycles. The molecule has 0 bridgehead atoms. The highest BCUT2D eigenvalue weighted by atomic mass is 79.9. The Hall–Kier alpha value is -1.14. The van der Waals surface area contributed by atoms with Crippen LogP contribution in [0.5, 0.6) is 0 Å². The molecule has 0 unspecified atom stereocenters. The van der Waals surface area contributed by atoms with E-state index in [0.29, 0.717) is 5.95 Å². The fraction of sp³-hybridized carbons (Fsp3) is 0.286. The second-order valence-electron chi connectivity index (χ2n) is 4.40. The molecule has 0 fully saturated rings. The van der Waals surface area contributed by atoms with Crippen molar-refractivity contribution in [2.24, 2.45) is 0 Å². The van der Waals surface area contributed by atoms with Crippen LogP contribution in [0.4, 0.5) is 17.5 Å². The lowest BCUT2D eigenvalue weighted by atomic mass is 10.2. The van der Waals surface area contributed by atoms with Gasteiger partial charge in [-0.15, -0.1) is 0 Å². The molecule has 0 saturated heterocycles. The van der Waals surface area contributed by atoms with Crippen LogP contribution in [0, 0.1) is 6.92 Å². The molecule has 1 heterocycles. The van der Waals surface area contributed by atoms with E-state index in [-0.39, 0.29) is 0 Å². The van der Waals surface area contributed by atoms with Gasteiger partial charge in [0.05, 0.1) is 4.47 Å². The van der Waals surface area contributed by atoms with Crippen molar-refractivity contribution in [2.45, 2.75) is 20.3 Å². The number of hydrogen-bond acceptors (Lipinski definition) is 4. The molecule has 0 saturated carbocycles. The van der Waals surface area contributed by atoms with Crippen LogP contribution in [0.2, 0.25) is 0 Å². The number of hydrogen-bond donors (Lipinski definition) is 2. The lowest BCUT2D eigenvalue weighted by Gasteiger charge is -2.12. The standard InChI is InChI=1S/C14H16Br2N4/c1-3-6-17-14-18-8-11(16)13(20-14)19-12-5-4-10(15)7-9(12)2/h4-5,7-8H,3,6H2,1-2H3,(H2,17,18,19,20). The first kappa shape index (κ1) is 15.3. The third kappa shape index (κ3) is 3.93. The number of nitrogens with zero attached hydrogens (tertiary/aromatic N) is 2. The molecule has 0 spiro atoms. The zero-order valence-electron chi connectivity index (χ0n) is 11.4. The van der Waals surface area contributed by atoms with Crippen LogP contribution >= 0.6 is 31.9 Å². The summed E-state index contributed by atoms with van der Waals surface area (Å²) in [4.78, 5) is 8.71. The molecule has 0 atom stereocenters. The number of anilines is 3. The average molecular weight is 400 g/mol. The van der Waals surface area contributed by atoms with E-state index in [1.165, 1.54) is 0 Å². The highest BCUT2D eigenvalue weighted by Gasteiger charge is 2.07. The van der Waals surface area contributed by atoms with Gasteiger partial charge in [0.25, 0.3) is 0 Å². The van der Waals surface area contributed by atoms with Crippen molar-refractivity contribution in [3.63, 3.8) is 0 Å². The first-order valence-corrected chi connectivity index (χ1v) is 7.98. The van der Waals surface area contributed by atoms with Gasteiger partial charge in [0, 0.05) is 22.9 Å². The maximum Gasteiger partial charge on any atom is 0.224 e. The monoisotopic (exact) mass is 398 g/mol. The summed E-state index contributed by atoms with van der Waals surface area (Å²) in [6.07, 6.45) is 2.79. The molecular formula is C14H16Br2N4. The first-order chi connectivity index (χ1) is 9.60. The molecule has 2 N–H and O–H groups in total. The first-order valence-electron chi connectivity index (χ1n) is 6.39. The molecule has 4 nitrogen and oxygen atoms in total. The molecule has 0 aliphatic carbocycles. The van der Waals surface area contributed by atoms with Gasteiger partial charge in [0.1, 0.15) is 5.82 Å². The number of halogens is 2. The van der Waals surface area contributed by atoms with Crippen LogP contribution in [-0.2, 0) is 0 Å². The summed E-state index contributed by atoms with van der Waals surface area (Å²) in [7, 11) is 0. The number of benzene rings is 1. The van der Waals surface area contributed by atoms with Crippen molar-refractivity contribution in [2.75, 3.05) is 17.2 Å². The number of nitrogens with one attached hydrogen (secondary N) is 2. The normalized spacial score (nSPS) is 10.4. The summed E-state index contributed by atoms with van der Waals surface area (Å²) in [5.41, 5.74) is 2.17. The molecule has 2 rings (SSSR count). The van der Waals surface area contributed by atoms with Gasteiger partial charge in [-0.3, -0.25) is 0 Å². The summed E-state index contributed by atoms with van der Waals surface area (Å²) < 4.78 is 1.90. The Kier molecular flexibility index (Phi) is 5.37. The Morgan fingerprint density at radius 1 is 1.25 bits per heavy atom. The van der Waals surface area contributed by atoms with Crippen molar-refractivity contribution < 1.29 is 0 Å². The van der Waals surface area contributed by atoms with Gasteiger partial charge in [-0.25, -0.2) is 4.98 Å². The van der Waals surface area contributed by atoms with Gasteiger partial charge in [-0.1, -0.05) is 22.9 Å². The van der Waals surface area contributed by atoms with Crippen LogP contribution in [0.25, 0.3) is 0 Å². The SMILES string of the molecule is CCCNc1ncc(Br)c(Nc2ccc(Br)cc2C)n1. The van der Waals surface area contributed by atoms with Gasteiger partial charge < -0.3 is 10.6 Å². The van der Waals surface area contributed by atoms with Crippen molar-refractivity contribution in [1.82, 2.24) is 9.97 Å². The molecule has 0 radical (unpaired) electrons. The Balaban J connectivity index is 2.23. The van der Waals surface area contributed by atoms with Crippen LogP contribution < -0.4 is 10.6 Å². The van der Waals surface area contributed by atoms with Gasteiger partial charge in [-0.2, -0.15) is 4.98 Å². The third-order valence-electron chi connectivity index (χ3n) is 2.72.